The van der Waals surface area contributed by atoms with Gasteiger partial charge in [0.25, 0.3) is 17.7 Å². The smallest absolute Gasteiger partial charge is 0.276 e. The van der Waals surface area contributed by atoms with E-state index in [2.05, 4.69) is 15.5 Å². The number of anilines is 2. The third-order valence-electron chi connectivity index (χ3n) is 4.52. The Bertz CT molecular complexity index is 1190. The number of rotatable bonds is 5. The van der Waals surface area contributed by atoms with Crippen LogP contribution in [-0.4, -0.2) is 54.0 Å². The number of hydrogen-bond acceptors (Lipinski definition) is 4. The molecule has 0 fully saturated rings. The highest BCUT2D eigenvalue weighted by Crippen LogP contribution is 2.25. The van der Waals surface area contributed by atoms with E-state index in [4.69, 9.17) is 23.2 Å². The van der Waals surface area contributed by atoms with Crippen LogP contribution in [0, 0.1) is 5.82 Å². The van der Waals surface area contributed by atoms with Gasteiger partial charge in [-0.1, -0.05) is 23.2 Å². The maximum Gasteiger partial charge on any atom is 0.276 e. The second-order valence-electron chi connectivity index (χ2n) is 6.98. The fourth-order valence-corrected chi connectivity index (χ4v) is 3.23. The number of benzene rings is 2. The third-order valence-corrected chi connectivity index (χ3v) is 5.12. The summed E-state index contributed by atoms with van der Waals surface area (Å²) in [5.41, 5.74) is 1.01. The maximum atomic E-state index is 13.7. The van der Waals surface area contributed by atoms with Crippen LogP contribution in [0.1, 0.15) is 31.2 Å². The van der Waals surface area contributed by atoms with Crippen molar-refractivity contribution >= 4 is 52.4 Å². The summed E-state index contributed by atoms with van der Waals surface area (Å²) in [5.74, 6) is -2.05. The van der Waals surface area contributed by atoms with Crippen LogP contribution in [0.4, 0.5) is 15.9 Å². The number of aromatic nitrogens is 2. The minimum absolute atomic E-state index is 0.0309. The first-order valence-electron chi connectivity index (χ1n) is 9.19. The number of nitrogens with one attached hydrogen (secondary N) is 2. The highest BCUT2D eigenvalue weighted by molar-refractivity contribution is 6.37. The number of amides is 3. The van der Waals surface area contributed by atoms with Crippen molar-refractivity contribution in [2.24, 2.45) is 0 Å². The molecule has 0 aliphatic rings. The van der Waals surface area contributed by atoms with Gasteiger partial charge in [0.15, 0.2) is 5.82 Å². The summed E-state index contributed by atoms with van der Waals surface area (Å²) in [7, 11) is 4.86. The van der Waals surface area contributed by atoms with Gasteiger partial charge in [0, 0.05) is 38.5 Å². The average molecular weight is 478 g/mol. The van der Waals surface area contributed by atoms with E-state index < -0.39 is 17.6 Å². The SMILES string of the molecule is CN(C)C(=O)c1ccc(N(C)C(=O)c2cc(NC(=O)c3cc(F)c(Cl)cc3Cl)n[nH]2)cc1. The molecule has 2 N–H and O–H groups in total. The number of carbonyl (C=O) groups is 3. The van der Waals surface area contributed by atoms with Crippen molar-refractivity contribution in [2.45, 2.75) is 0 Å². The third kappa shape index (κ3) is 4.90. The molecule has 0 atom stereocenters. The van der Waals surface area contributed by atoms with E-state index in [1.807, 2.05) is 0 Å². The summed E-state index contributed by atoms with van der Waals surface area (Å²) in [6.45, 7) is 0. The number of hydrogen-bond donors (Lipinski definition) is 2. The zero-order valence-electron chi connectivity index (χ0n) is 17.2. The molecule has 8 nitrogen and oxygen atoms in total. The van der Waals surface area contributed by atoms with Gasteiger partial charge in [-0.05, 0) is 36.4 Å². The summed E-state index contributed by atoms with van der Waals surface area (Å²) in [5, 5.41) is 8.64. The summed E-state index contributed by atoms with van der Waals surface area (Å²) in [4.78, 5) is 39.9. The summed E-state index contributed by atoms with van der Waals surface area (Å²) < 4.78 is 13.7. The fourth-order valence-electron chi connectivity index (χ4n) is 2.76. The Hall–Kier alpha value is -3.43. The van der Waals surface area contributed by atoms with Crippen LogP contribution in [0.3, 0.4) is 0 Å². The van der Waals surface area contributed by atoms with Crippen LogP contribution >= 0.6 is 23.2 Å². The van der Waals surface area contributed by atoms with Gasteiger partial charge in [-0.2, -0.15) is 5.10 Å². The first-order valence-corrected chi connectivity index (χ1v) is 9.95. The quantitative estimate of drug-likeness (QED) is 0.540. The van der Waals surface area contributed by atoms with Crippen molar-refractivity contribution in [3.05, 3.63) is 75.1 Å². The molecular formula is C21H18Cl2FN5O3. The van der Waals surface area contributed by atoms with Crippen molar-refractivity contribution in [3.63, 3.8) is 0 Å². The number of carbonyl (C=O) groups excluding carboxylic acids is 3. The lowest BCUT2D eigenvalue weighted by molar-refractivity contribution is 0.0827. The highest BCUT2D eigenvalue weighted by Gasteiger charge is 2.19. The van der Waals surface area contributed by atoms with Gasteiger partial charge in [0.05, 0.1) is 15.6 Å². The minimum Gasteiger partial charge on any atom is -0.345 e. The van der Waals surface area contributed by atoms with Gasteiger partial charge in [-0.15, -0.1) is 0 Å². The topological polar surface area (TPSA) is 98.4 Å². The van der Waals surface area contributed by atoms with E-state index >= 15 is 0 Å². The van der Waals surface area contributed by atoms with Crippen LogP contribution in [0.2, 0.25) is 10.0 Å². The monoisotopic (exact) mass is 477 g/mol. The summed E-state index contributed by atoms with van der Waals surface area (Å²) in [6, 6.07) is 9.90. The Morgan fingerprint density at radius 3 is 2.25 bits per heavy atom. The lowest BCUT2D eigenvalue weighted by atomic mass is 10.1. The van der Waals surface area contributed by atoms with Crippen molar-refractivity contribution < 1.29 is 18.8 Å². The molecule has 0 saturated carbocycles. The molecule has 0 saturated heterocycles. The molecule has 0 unspecified atom stereocenters. The molecule has 11 heteroatoms. The summed E-state index contributed by atoms with van der Waals surface area (Å²) in [6.07, 6.45) is 0. The normalized spacial score (nSPS) is 10.6. The average Bonchev–Trinajstić information content (AvgIpc) is 3.23. The minimum atomic E-state index is -0.793. The van der Waals surface area contributed by atoms with Gasteiger partial charge < -0.3 is 15.1 Å². The molecule has 2 aromatic carbocycles. The first-order chi connectivity index (χ1) is 15.1. The molecule has 166 valence electrons. The van der Waals surface area contributed by atoms with Crippen LogP contribution < -0.4 is 10.2 Å². The van der Waals surface area contributed by atoms with Gasteiger partial charge in [0.1, 0.15) is 11.5 Å². The molecular weight excluding hydrogens is 460 g/mol. The van der Waals surface area contributed by atoms with E-state index in [-0.39, 0.29) is 33.0 Å². The van der Waals surface area contributed by atoms with Gasteiger partial charge in [0.2, 0.25) is 0 Å². The van der Waals surface area contributed by atoms with E-state index in [1.165, 1.54) is 15.9 Å². The Kier molecular flexibility index (Phi) is 6.81. The maximum absolute atomic E-state index is 13.7. The number of H-pyrrole nitrogens is 1. The Morgan fingerprint density at radius 2 is 1.62 bits per heavy atom. The Labute approximate surface area is 192 Å². The zero-order valence-corrected chi connectivity index (χ0v) is 18.8. The van der Waals surface area contributed by atoms with Crippen molar-refractivity contribution in [3.8, 4) is 0 Å². The van der Waals surface area contributed by atoms with Crippen molar-refractivity contribution in [2.75, 3.05) is 31.4 Å². The van der Waals surface area contributed by atoms with Crippen LogP contribution in [-0.2, 0) is 0 Å². The van der Waals surface area contributed by atoms with Crippen molar-refractivity contribution in [1.29, 1.82) is 0 Å². The number of halogens is 3. The largest absolute Gasteiger partial charge is 0.345 e. The van der Waals surface area contributed by atoms with E-state index in [0.717, 1.165) is 12.1 Å². The van der Waals surface area contributed by atoms with Crippen LogP contribution in [0.15, 0.2) is 42.5 Å². The van der Waals surface area contributed by atoms with E-state index in [1.54, 1.807) is 45.4 Å². The Balaban J connectivity index is 1.72. The van der Waals surface area contributed by atoms with E-state index in [0.29, 0.717) is 11.3 Å². The first kappa shape index (κ1) is 23.2. The van der Waals surface area contributed by atoms with Crippen molar-refractivity contribution in [1.82, 2.24) is 15.1 Å². The number of aromatic amines is 1. The molecule has 3 rings (SSSR count). The molecule has 0 bridgehead atoms. The van der Waals surface area contributed by atoms with Gasteiger partial charge in [-0.3, -0.25) is 19.5 Å². The van der Waals surface area contributed by atoms with Crippen LogP contribution in [0.5, 0.6) is 0 Å². The summed E-state index contributed by atoms with van der Waals surface area (Å²) >= 11 is 11.6. The van der Waals surface area contributed by atoms with Crippen LogP contribution in [0.25, 0.3) is 0 Å². The molecule has 3 aromatic rings. The zero-order chi connectivity index (χ0) is 23.6. The number of nitrogens with zero attached hydrogens (tertiary/aromatic N) is 3. The van der Waals surface area contributed by atoms with Gasteiger partial charge in [-0.25, -0.2) is 4.39 Å². The molecule has 3 amide bonds. The molecule has 1 aromatic heterocycles. The predicted octanol–water partition coefficient (Wildman–Crippen LogP) is 4.09. The molecule has 32 heavy (non-hydrogen) atoms. The molecule has 1 heterocycles. The predicted molar refractivity (Wildman–Crippen MR) is 120 cm³/mol. The van der Waals surface area contributed by atoms with Gasteiger partial charge >= 0.3 is 0 Å². The standard InChI is InChI=1S/C21H18Cl2FN5O3/c1-28(2)20(31)11-4-6-12(7-5-11)29(3)21(32)17-10-18(27-26-17)25-19(30)13-8-16(24)15(23)9-14(13)22/h4-10H,1-3H3,(H2,25,26,27,30). The second kappa shape index (κ2) is 9.37. The highest BCUT2D eigenvalue weighted by atomic mass is 35.5. The second-order valence-corrected chi connectivity index (χ2v) is 7.79. The molecule has 0 spiro atoms. The fraction of sp³-hybridized carbons (Fsp3) is 0.143. The molecule has 0 radical (unpaired) electrons. The van der Waals surface area contributed by atoms with E-state index in [9.17, 15) is 18.8 Å². The molecule has 0 aliphatic carbocycles. The lowest BCUT2D eigenvalue weighted by Gasteiger charge is -2.17. The Morgan fingerprint density at radius 1 is 0.969 bits per heavy atom. The molecule has 0 aliphatic heterocycles. The lowest BCUT2D eigenvalue weighted by Crippen LogP contribution is -2.27.